The summed E-state index contributed by atoms with van der Waals surface area (Å²) < 4.78 is 39.5. The molecule has 2 atom stereocenters. The molecule has 0 aliphatic heterocycles. The van der Waals surface area contributed by atoms with Crippen molar-refractivity contribution in [2.45, 2.75) is 32.5 Å². The van der Waals surface area contributed by atoms with Gasteiger partial charge in [0.2, 0.25) is 0 Å². The molecule has 0 rings (SSSR count). The van der Waals surface area contributed by atoms with E-state index in [-0.39, 0.29) is 25.2 Å². The fourth-order valence-electron chi connectivity index (χ4n) is 1.05. The molecule has 0 saturated heterocycles. The van der Waals surface area contributed by atoms with Gasteiger partial charge in [0, 0.05) is 19.3 Å². The zero-order chi connectivity index (χ0) is 12.6. The number of rotatable bonds is 8. The van der Waals surface area contributed by atoms with E-state index < -0.39 is 12.8 Å². The minimum absolute atomic E-state index is 0.0900. The van der Waals surface area contributed by atoms with Crippen LogP contribution in [-0.4, -0.2) is 43.7 Å². The molecule has 0 fully saturated rings. The molecule has 0 aromatic heterocycles. The lowest BCUT2D eigenvalue weighted by molar-refractivity contribution is -0.173. The molecule has 98 valence electrons. The Kier molecular flexibility index (Phi) is 7.70. The Morgan fingerprint density at radius 2 is 1.94 bits per heavy atom. The molecular weight excluding hydrogens is 223 g/mol. The Morgan fingerprint density at radius 3 is 2.44 bits per heavy atom. The van der Waals surface area contributed by atoms with Crippen LogP contribution in [-0.2, 0) is 4.74 Å². The molecule has 3 nitrogen and oxygen atoms in total. The molecule has 0 aromatic rings. The van der Waals surface area contributed by atoms with Gasteiger partial charge >= 0.3 is 6.18 Å². The number of alkyl halides is 3. The average molecular weight is 243 g/mol. The van der Waals surface area contributed by atoms with E-state index in [1.165, 1.54) is 0 Å². The van der Waals surface area contributed by atoms with Crippen molar-refractivity contribution < 1.29 is 23.0 Å². The number of nitrogens with one attached hydrogen (secondary N) is 1. The first kappa shape index (κ1) is 15.7. The van der Waals surface area contributed by atoms with Gasteiger partial charge in [-0.3, -0.25) is 0 Å². The van der Waals surface area contributed by atoms with Gasteiger partial charge in [-0.15, -0.1) is 0 Å². The van der Waals surface area contributed by atoms with E-state index in [9.17, 15) is 13.2 Å². The molecule has 0 bridgehead atoms. The van der Waals surface area contributed by atoms with Gasteiger partial charge in [0.05, 0.1) is 0 Å². The summed E-state index contributed by atoms with van der Waals surface area (Å²) in [5.74, 6) is 0.135. The summed E-state index contributed by atoms with van der Waals surface area (Å²) in [5, 5.41) is 12.0. The van der Waals surface area contributed by atoms with E-state index in [2.05, 4.69) is 10.1 Å². The summed E-state index contributed by atoms with van der Waals surface area (Å²) in [6.45, 7) is 3.42. The van der Waals surface area contributed by atoms with Crippen LogP contribution in [0.15, 0.2) is 0 Å². The van der Waals surface area contributed by atoms with Crippen molar-refractivity contribution in [1.82, 2.24) is 5.32 Å². The Balaban J connectivity index is 3.34. The van der Waals surface area contributed by atoms with Crippen molar-refractivity contribution in [3.63, 3.8) is 0 Å². The minimum atomic E-state index is -4.24. The summed E-state index contributed by atoms with van der Waals surface area (Å²) in [5.41, 5.74) is 0. The summed E-state index contributed by atoms with van der Waals surface area (Å²) in [6, 6.07) is 0.146. The molecule has 0 aliphatic carbocycles. The summed E-state index contributed by atoms with van der Waals surface area (Å²) >= 11 is 0. The van der Waals surface area contributed by atoms with Crippen LogP contribution < -0.4 is 5.32 Å². The topological polar surface area (TPSA) is 41.5 Å². The van der Waals surface area contributed by atoms with Crippen molar-refractivity contribution in [3.8, 4) is 0 Å². The second kappa shape index (κ2) is 7.86. The van der Waals surface area contributed by atoms with Crippen LogP contribution in [0.2, 0.25) is 0 Å². The molecule has 2 unspecified atom stereocenters. The largest absolute Gasteiger partial charge is 0.411 e. The number of ether oxygens (including phenoxy) is 1. The lowest BCUT2D eigenvalue weighted by atomic mass is 10.1. The van der Waals surface area contributed by atoms with Crippen LogP contribution in [0.5, 0.6) is 0 Å². The predicted octanol–water partition coefficient (Wildman–Crippen LogP) is 1.56. The van der Waals surface area contributed by atoms with E-state index in [1.54, 1.807) is 0 Å². The molecular formula is C10H20F3NO2. The van der Waals surface area contributed by atoms with E-state index in [1.807, 2.05) is 13.8 Å². The monoisotopic (exact) mass is 243 g/mol. The molecule has 6 heteroatoms. The maximum Gasteiger partial charge on any atom is 0.411 e. The fraction of sp³-hybridized carbons (Fsp3) is 1.00. The highest BCUT2D eigenvalue weighted by Crippen LogP contribution is 2.14. The average Bonchev–Trinajstić information content (AvgIpc) is 2.20. The van der Waals surface area contributed by atoms with Gasteiger partial charge in [0.25, 0.3) is 0 Å². The SMILES string of the molecule is CC(CO)C(C)NCCCOCC(F)(F)F. The summed E-state index contributed by atoms with van der Waals surface area (Å²) in [4.78, 5) is 0. The molecule has 0 aromatic carbocycles. The molecule has 0 saturated carbocycles. The van der Waals surface area contributed by atoms with Crippen LogP contribution >= 0.6 is 0 Å². The first-order valence-corrected chi connectivity index (χ1v) is 5.35. The van der Waals surface area contributed by atoms with Crippen LogP contribution in [0.25, 0.3) is 0 Å². The highest BCUT2D eigenvalue weighted by atomic mass is 19.4. The third-order valence-electron chi connectivity index (χ3n) is 2.34. The quantitative estimate of drug-likeness (QED) is 0.636. The van der Waals surface area contributed by atoms with Crippen molar-refractivity contribution in [2.75, 3.05) is 26.4 Å². The molecule has 0 aliphatic rings. The molecule has 0 heterocycles. The van der Waals surface area contributed by atoms with Crippen molar-refractivity contribution in [1.29, 1.82) is 0 Å². The number of hydrogen-bond acceptors (Lipinski definition) is 3. The van der Waals surface area contributed by atoms with Gasteiger partial charge in [-0.2, -0.15) is 13.2 Å². The smallest absolute Gasteiger partial charge is 0.396 e. The Bertz CT molecular complexity index is 176. The molecule has 0 spiro atoms. The van der Waals surface area contributed by atoms with Crippen molar-refractivity contribution in [2.24, 2.45) is 5.92 Å². The van der Waals surface area contributed by atoms with Crippen molar-refractivity contribution >= 4 is 0 Å². The lowest BCUT2D eigenvalue weighted by Gasteiger charge is -2.19. The Hall–Kier alpha value is -0.330. The molecule has 2 N–H and O–H groups in total. The van der Waals surface area contributed by atoms with Gasteiger partial charge in [0.15, 0.2) is 0 Å². The highest BCUT2D eigenvalue weighted by molar-refractivity contribution is 4.66. The molecule has 0 amide bonds. The number of aliphatic hydroxyl groups excluding tert-OH is 1. The normalized spacial score (nSPS) is 16.1. The van der Waals surface area contributed by atoms with Gasteiger partial charge in [-0.1, -0.05) is 6.92 Å². The first-order valence-electron chi connectivity index (χ1n) is 5.35. The molecule has 16 heavy (non-hydrogen) atoms. The minimum Gasteiger partial charge on any atom is -0.396 e. The molecule has 0 radical (unpaired) electrons. The standard InChI is InChI=1S/C10H20F3NO2/c1-8(6-15)9(2)14-4-3-5-16-7-10(11,12)13/h8-9,14-15H,3-7H2,1-2H3. The van der Waals surface area contributed by atoms with Crippen molar-refractivity contribution in [3.05, 3.63) is 0 Å². The number of aliphatic hydroxyl groups is 1. The maximum absolute atomic E-state index is 11.7. The van der Waals surface area contributed by atoms with E-state index in [0.717, 1.165) is 0 Å². The van der Waals surface area contributed by atoms with E-state index in [0.29, 0.717) is 13.0 Å². The third-order valence-corrected chi connectivity index (χ3v) is 2.34. The predicted molar refractivity (Wildman–Crippen MR) is 55.2 cm³/mol. The highest BCUT2D eigenvalue weighted by Gasteiger charge is 2.27. The van der Waals surface area contributed by atoms with Crippen LogP contribution in [0, 0.1) is 5.92 Å². The van der Waals surface area contributed by atoms with Crippen LogP contribution in [0.3, 0.4) is 0 Å². The second-order valence-electron chi connectivity index (χ2n) is 3.92. The Labute approximate surface area is 94.0 Å². The third kappa shape index (κ3) is 8.94. The Morgan fingerprint density at radius 1 is 1.31 bits per heavy atom. The zero-order valence-corrected chi connectivity index (χ0v) is 9.68. The number of hydrogen-bond donors (Lipinski definition) is 2. The summed E-state index contributed by atoms with van der Waals surface area (Å²) in [6.07, 6.45) is -3.72. The van der Waals surface area contributed by atoms with Crippen LogP contribution in [0.4, 0.5) is 13.2 Å². The van der Waals surface area contributed by atoms with E-state index in [4.69, 9.17) is 5.11 Å². The number of halogens is 3. The van der Waals surface area contributed by atoms with Gasteiger partial charge in [-0.25, -0.2) is 0 Å². The van der Waals surface area contributed by atoms with Crippen LogP contribution in [0.1, 0.15) is 20.3 Å². The van der Waals surface area contributed by atoms with Gasteiger partial charge < -0.3 is 15.2 Å². The van der Waals surface area contributed by atoms with Gasteiger partial charge in [-0.05, 0) is 25.8 Å². The van der Waals surface area contributed by atoms with E-state index >= 15 is 0 Å². The summed E-state index contributed by atoms with van der Waals surface area (Å²) in [7, 11) is 0. The fourth-order valence-corrected chi connectivity index (χ4v) is 1.05. The first-order chi connectivity index (χ1) is 7.37. The maximum atomic E-state index is 11.7. The zero-order valence-electron chi connectivity index (χ0n) is 9.68. The second-order valence-corrected chi connectivity index (χ2v) is 3.92. The lowest BCUT2D eigenvalue weighted by Crippen LogP contribution is -2.35. The van der Waals surface area contributed by atoms with Gasteiger partial charge in [0.1, 0.15) is 6.61 Å².